The number of nitrogens with one attached hydrogen (secondary N) is 2. The second kappa shape index (κ2) is 12.1. The molecule has 43 heavy (non-hydrogen) atoms. The van der Waals surface area contributed by atoms with Crippen molar-refractivity contribution in [1.82, 2.24) is 29.7 Å². The molecule has 2 N–H and O–H groups in total. The number of aromatic nitrogens is 3. The summed E-state index contributed by atoms with van der Waals surface area (Å²) in [6.45, 7) is 7.86. The van der Waals surface area contributed by atoms with Gasteiger partial charge in [0.2, 0.25) is 5.91 Å². The summed E-state index contributed by atoms with van der Waals surface area (Å²) in [5.74, 6) is 0.632. The standard InChI is InChI=1S/C30H33F3N8OS/c1-19-20(2-3-26-24(19)12-22(15-34)41(26)11-10-40-9-6-35-27(42)17-40)16-39-7-4-21(5-8-39)38-28-25-13-23(14-30(31,32)33)43-29(25)37-18-36-28/h2-3,12-13,18,21H,4-11,14,16-17H2,1H3,(H,35,42)(H,36,37,38). The molecule has 0 bridgehead atoms. The Morgan fingerprint density at radius 3 is 2.67 bits per heavy atom. The van der Waals surface area contributed by atoms with Gasteiger partial charge in [-0.25, -0.2) is 9.97 Å². The third-order valence-electron chi connectivity index (χ3n) is 8.42. The fourth-order valence-corrected chi connectivity index (χ4v) is 7.15. The molecule has 0 unspecified atom stereocenters. The highest BCUT2D eigenvalue weighted by Gasteiger charge is 2.29. The minimum absolute atomic E-state index is 0.0386. The lowest BCUT2D eigenvalue weighted by molar-refractivity contribution is -0.126. The summed E-state index contributed by atoms with van der Waals surface area (Å²) in [4.78, 5) is 25.6. The van der Waals surface area contributed by atoms with Gasteiger partial charge in [-0.2, -0.15) is 18.4 Å². The van der Waals surface area contributed by atoms with Gasteiger partial charge in [-0.3, -0.25) is 14.6 Å². The van der Waals surface area contributed by atoms with Crippen molar-refractivity contribution in [2.24, 2.45) is 0 Å². The first kappa shape index (κ1) is 29.3. The molecule has 5 heterocycles. The molecule has 1 amide bonds. The topological polar surface area (TPSA) is 102 Å². The molecule has 13 heteroatoms. The Kier molecular flexibility index (Phi) is 8.26. The van der Waals surface area contributed by atoms with Crippen molar-refractivity contribution in [2.45, 2.75) is 51.5 Å². The van der Waals surface area contributed by atoms with Gasteiger partial charge in [0.25, 0.3) is 0 Å². The van der Waals surface area contributed by atoms with Crippen LogP contribution in [0.5, 0.6) is 0 Å². The van der Waals surface area contributed by atoms with Crippen molar-refractivity contribution in [3.05, 3.63) is 52.3 Å². The van der Waals surface area contributed by atoms with Crippen molar-refractivity contribution < 1.29 is 18.0 Å². The van der Waals surface area contributed by atoms with Crippen LogP contribution in [0.15, 0.2) is 30.6 Å². The van der Waals surface area contributed by atoms with Crippen molar-refractivity contribution in [3.63, 3.8) is 0 Å². The van der Waals surface area contributed by atoms with E-state index in [4.69, 9.17) is 0 Å². The van der Waals surface area contributed by atoms with Crippen LogP contribution in [-0.2, 0) is 24.3 Å². The van der Waals surface area contributed by atoms with Crippen LogP contribution in [0, 0.1) is 18.3 Å². The predicted molar refractivity (Wildman–Crippen MR) is 160 cm³/mol. The zero-order valence-corrected chi connectivity index (χ0v) is 24.7. The summed E-state index contributed by atoms with van der Waals surface area (Å²) in [5, 5.41) is 17.9. The monoisotopic (exact) mass is 610 g/mol. The Hall–Kier alpha value is -3.73. The molecule has 2 saturated heterocycles. The van der Waals surface area contributed by atoms with Gasteiger partial charge >= 0.3 is 6.18 Å². The number of benzene rings is 1. The number of amides is 1. The van der Waals surface area contributed by atoms with E-state index >= 15 is 0 Å². The number of fused-ring (bicyclic) bond motifs is 2. The molecule has 2 aliphatic rings. The molecule has 0 atom stereocenters. The van der Waals surface area contributed by atoms with Crippen LogP contribution in [0.25, 0.3) is 21.1 Å². The minimum atomic E-state index is -4.26. The summed E-state index contributed by atoms with van der Waals surface area (Å²) in [6.07, 6.45) is -2.04. The van der Waals surface area contributed by atoms with Gasteiger partial charge in [-0.15, -0.1) is 11.3 Å². The lowest BCUT2D eigenvalue weighted by Crippen LogP contribution is -2.48. The average Bonchev–Trinajstić information content (AvgIpc) is 3.55. The number of likely N-dealkylation sites (tertiary alicyclic amines) is 1. The minimum Gasteiger partial charge on any atom is -0.367 e. The van der Waals surface area contributed by atoms with Crippen LogP contribution in [0.4, 0.5) is 19.0 Å². The van der Waals surface area contributed by atoms with Crippen molar-refractivity contribution in [1.29, 1.82) is 5.26 Å². The number of piperidine rings is 1. The van der Waals surface area contributed by atoms with Gasteiger partial charge < -0.3 is 15.2 Å². The first-order chi connectivity index (χ1) is 20.7. The molecule has 0 spiro atoms. The van der Waals surface area contributed by atoms with Gasteiger partial charge in [0, 0.05) is 67.6 Å². The molecule has 6 rings (SSSR count). The smallest absolute Gasteiger partial charge is 0.367 e. The molecule has 226 valence electrons. The average molecular weight is 611 g/mol. The third kappa shape index (κ3) is 6.61. The molecule has 3 aromatic heterocycles. The Morgan fingerprint density at radius 2 is 1.93 bits per heavy atom. The van der Waals surface area contributed by atoms with Crippen molar-refractivity contribution in [3.8, 4) is 6.07 Å². The Balaban J connectivity index is 1.09. The summed E-state index contributed by atoms with van der Waals surface area (Å²) in [5.41, 5.74) is 4.05. The van der Waals surface area contributed by atoms with E-state index in [1.54, 1.807) is 6.07 Å². The normalized spacial score (nSPS) is 17.4. The number of rotatable bonds is 8. The van der Waals surface area contributed by atoms with Crippen LogP contribution < -0.4 is 10.6 Å². The van der Waals surface area contributed by atoms with E-state index in [0.29, 0.717) is 47.9 Å². The number of carbonyl (C=O) groups is 1. The Bertz CT molecular complexity index is 1680. The Morgan fingerprint density at radius 1 is 1.12 bits per heavy atom. The van der Waals surface area contributed by atoms with Crippen LogP contribution in [0.3, 0.4) is 0 Å². The number of hydrogen-bond acceptors (Lipinski definition) is 8. The molecule has 2 aliphatic heterocycles. The molecular weight excluding hydrogens is 577 g/mol. The van der Waals surface area contributed by atoms with E-state index in [0.717, 1.165) is 61.3 Å². The van der Waals surface area contributed by atoms with Gasteiger partial charge in [0.05, 0.1) is 18.4 Å². The largest absolute Gasteiger partial charge is 0.393 e. The predicted octanol–water partition coefficient (Wildman–Crippen LogP) is 4.44. The van der Waals surface area contributed by atoms with E-state index in [2.05, 4.69) is 60.1 Å². The number of hydrogen-bond donors (Lipinski definition) is 2. The maximum absolute atomic E-state index is 12.9. The number of piperazine rings is 1. The fourth-order valence-electron chi connectivity index (χ4n) is 6.12. The second-order valence-corrected chi connectivity index (χ2v) is 12.5. The zero-order valence-electron chi connectivity index (χ0n) is 23.9. The van der Waals surface area contributed by atoms with Gasteiger partial charge in [0.1, 0.15) is 28.7 Å². The van der Waals surface area contributed by atoms with Crippen molar-refractivity contribution >= 4 is 44.2 Å². The first-order valence-corrected chi connectivity index (χ1v) is 15.3. The number of aryl methyl sites for hydroxylation is 1. The Labute approximate surface area is 251 Å². The number of thiophene rings is 1. The van der Waals surface area contributed by atoms with Crippen molar-refractivity contribution in [2.75, 3.05) is 44.6 Å². The van der Waals surface area contributed by atoms with Gasteiger partial charge in [-0.05, 0) is 49.1 Å². The molecule has 9 nitrogen and oxygen atoms in total. The highest BCUT2D eigenvalue weighted by Crippen LogP contribution is 2.33. The van der Waals surface area contributed by atoms with Crippen LogP contribution in [-0.4, -0.2) is 81.7 Å². The SMILES string of the molecule is Cc1c(CN2CCC(Nc3ncnc4sc(CC(F)(F)F)cc34)CC2)ccc2c1cc(C#N)n2CCN1CCNC(=O)C1. The fraction of sp³-hybridized carbons (Fsp3) is 0.467. The molecule has 2 fully saturated rings. The molecule has 0 saturated carbocycles. The summed E-state index contributed by atoms with van der Waals surface area (Å²) < 4.78 is 40.8. The number of nitrogens with zero attached hydrogens (tertiary/aromatic N) is 6. The summed E-state index contributed by atoms with van der Waals surface area (Å²) >= 11 is 1.06. The number of nitriles is 1. The van der Waals surface area contributed by atoms with Crippen LogP contribution in [0.1, 0.15) is 34.5 Å². The number of carbonyl (C=O) groups excluding carboxylic acids is 1. The molecule has 0 radical (unpaired) electrons. The highest BCUT2D eigenvalue weighted by molar-refractivity contribution is 7.18. The first-order valence-electron chi connectivity index (χ1n) is 14.5. The zero-order chi connectivity index (χ0) is 30.1. The van der Waals surface area contributed by atoms with E-state index in [-0.39, 0.29) is 16.8 Å². The second-order valence-electron chi connectivity index (χ2n) is 11.3. The molecule has 0 aliphatic carbocycles. The highest BCUT2D eigenvalue weighted by atomic mass is 32.1. The lowest BCUT2D eigenvalue weighted by atomic mass is 10.0. The van der Waals surface area contributed by atoms with Crippen LogP contribution >= 0.6 is 11.3 Å². The number of halogens is 3. The number of anilines is 1. The molecule has 4 aromatic rings. The lowest BCUT2D eigenvalue weighted by Gasteiger charge is -2.33. The maximum atomic E-state index is 12.9. The quantitative estimate of drug-likeness (QED) is 0.304. The van der Waals surface area contributed by atoms with E-state index in [1.807, 2.05) is 6.07 Å². The molecular formula is C30H33F3N8OS. The maximum Gasteiger partial charge on any atom is 0.393 e. The van der Waals surface area contributed by atoms with Gasteiger partial charge in [0.15, 0.2) is 0 Å². The molecule has 1 aromatic carbocycles. The van der Waals surface area contributed by atoms with Crippen LogP contribution in [0.2, 0.25) is 0 Å². The van der Waals surface area contributed by atoms with E-state index in [9.17, 15) is 23.2 Å². The summed E-state index contributed by atoms with van der Waals surface area (Å²) in [7, 11) is 0. The van der Waals surface area contributed by atoms with Gasteiger partial charge in [-0.1, -0.05) is 6.07 Å². The van der Waals surface area contributed by atoms with E-state index in [1.165, 1.54) is 17.5 Å². The third-order valence-corrected chi connectivity index (χ3v) is 9.46. The summed E-state index contributed by atoms with van der Waals surface area (Å²) in [6, 6.07) is 10.3. The number of alkyl halides is 3. The van der Waals surface area contributed by atoms with E-state index < -0.39 is 12.6 Å².